The van der Waals surface area contributed by atoms with Crippen molar-refractivity contribution in [2.45, 2.75) is 39.2 Å². The second kappa shape index (κ2) is 7.19. The Morgan fingerprint density at radius 3 is 2.59 bits per heavy atom. The quantitative estimate of drug-likeness (QED) is 0.618. The molecule has 138 valence electrons. The Morgan fingerprint density at radius 1 is 1.22 bits per heavy atom. The first-order valence-electron chi connectivity index (χ1n) is 9.08. The highest BCUT2D eigenvalue weighted by atomic mass is 32.1. The number of hydrogen-bond acceptors (Lipinski definition) is 4. The van der Waals surface area contributed by atoms with Crippen molar-refractivity contribution < 1.29 is 9.18 Å². The van der Waals surface area contributed by atoms with Crippen LogP contribution in [0.25, 0.3) is 21.7 Å². The molecule has 2 heterocycles. The lowest BCUT2D eigenvalue weighted by Gasteiger charge is -2.20. The fourth-order valence-electron chi connectivity index (χ4n) is 3.14. The summed E-state index contributed by atoms with van der Waals surface area (Å²) < 4.78 is 13.3. The molecule has 0 saturated heterocycles. The first kappa shape index (κ1) is 17.8. The van der Waals surface area contributed by atoms with Crippen molar-refractivity contribution in [3.05, 3.63) is 53.4 Å². The molecule has 3 aromatic rings. The van der Waals surface area contributed by atoms with E-state index in [-0.39, 0.29) is 17.8 Å². The van der Waals surface area contributed by atoms with Crippen LogP contribution in [0.3, 0.4) is 0 Å². The van der Waals surface area contributed by atoms with Crippen LogP contribution in [0.15, 0.2) is 42.6 Å². The van der Waals surface area contributed by atoms with Crippen molar-refractivity contribution in [1.82, 2.24) is 9.97 Å². The van der Waals surface area contributed by atoms with E-state index in [1.807, 2.05) is 12.1 Å². The number of pyridine rings is 1. The van der Waals surface area contributed by atoms with Crippen LogP contribution in [0.2, 0.25) is 0 Å². The van der Waals surface area contributed by atoms with Gasteiger partial charge in [-0.2, -0.15) is 0 Å². The monoisotopic (exact) mass is 381 g/mol. The molecule has 1 aliphatic rings. The van der Waals surface area contributed by atoms with Gasteiger partial charge in [0.1, 0.15) is 11.6 Å². The van der Waals surface area contributed by atoms with Crippen molar-refractivity contribution in [1.29, 1.82) is 0 Å². The summed E-state index contributed by atoms with van der Waals surface area (Å²) in [4.78, 5) is 24.1. The molecule has 0 unspecified atom stereocenters. The molecule has 0 N–H and O–H groups in total. The molecule has 1 fully saturated rings. The number of carbonyl (C=O) groups is 1. The van der Waals surface area contributed by atoms with Crippen molar-refractivity contribution in [3.63, 3.8) is 0 Å². The van der Waals surface area contributed by atoms with E-state index in [1.54, 1.807) is 41.5 Å². The van der Waals surface area contributed by atoms with Crippen LogP contribution >= 0.6 is 11.3 Å². The summed E-state index contributed by atoms with van der Waals surface area (Å²) in [5.74, 6) is 0.428. The van der Waals surface area contributed by atoms with Crippen LogP contribution in [0.4, 0.5) is 10.2 Å². The number of carbonyl (C=O) groups excluding carboxylic acids is 1. The second-order valence-corrected chi connectivity index (χ2v) is 7.75. The summed E-state index contributed by atoms with van der Waals surface area (Å²) in [6, 6.07) is 10.6. The van der Waals surface area contributed by atoms with Gasteiger partial charge in [0.05, 0.1) is 15.6 Å². The SMILES string of the molecule is CCc1nc(-c2ccc(F)cc2)c(-c2ccnc(N(C(C)=O)C3CC3)c2)s1. The highest BCUT2D eigenvalue weighted by molar-refractivity contribution is 7.15. The van der Waals surface area contributed by atoms with Crippen LogP contribution in [-0.4, -0.2) is 21.9 Å². The third-order valence-corrected chi connectivity index (χ3v) is 5.85. The molecular formula is C21H20FN3OS. The van der Waals surface area contributed by atoms with Gasteiger partial charge >= 0.3 is 0 Å². The fourth-order valence-corrected chi connectivity index (χ4v) is 4.17. The lowest BCUT2D eigenvalue weighted by atomic mass is 10.1. The van der Waals surface area contributed by atoms with E-state index in [0.29, 0.717) is 5.82 Å². The number of aryl methyl sites for hydroxylation is 1. The Balaban J connectivity index is 1.79. The van der Waals surface area contributed by atoms with Crippen molar-refractivity contribution in [2.24, 2.45) is 0 Å². The van der Waals surface area contributed by atoms with Gasteiger partial charge in [0.25, 0.3) is 0 Å². The average molecular weight is 381 g/mol. The maximum absolute atomic E-state index is 13.3. The number of rotatable bonds is 5. The smallest absolute Gasteiger partial charge is 0.225 e. The summed E-state index contributed by atoms with van der Waals surface area (Å²) in [6.45, 7) is 3.65. The Kier molecular flexibility index (Phi) is 4.74. The van der Waals surface area contributed by atoms with Gasteiger partial charge in [-0.05, 0) is 61.2 Å². The molecule has 1 aromatic carbocycles. The molecule has 0 aliphatic heterocycles. The molecule has 0 spiro atoms. The molecule has 1 amide bonds. The number of aromatic nitrogens is 2. The van der Waals surface area contributed by atoms with Gasteiger partial charge in [-0.1, -0.05) is 6.92 Å². The highest BCUT2D eigenvalue weighted by Gasteiger charge is 2.33. The van der Waals surface area contributed by atoms with Crippen LogP contribution in [0, 0.1) is 5.82 Å². The van der Waals surface area contributed by atoms with E-state index in [0.717, 1.165) is 46.0 Å². The van der Waals surface area contributed by atoms with E-state index in [1.165, 1.54) is 12.1 Å². The fraction of sp³-hybridized carbons (Fsp3) is 0.286. The van der Waals surface area contributed by atoms with Gasteiger partial charge in [-0.25, -0.2) is 14.4 Å². The molecule has 2 aromatic heterocycles. The van der Waals surface area contributed by atoms with E-state index in [4.69, 9.17) is 4.98 Å². The normalized spacial score (nSPS) is 13.6. The van der Waals surface area contributed by atoms with Gasteiger partial charge < -0.3 is 0 Å². The van der Waals surface area contributed by atoms with E-state index in [9.17, 15) is 9.18 Å². The lowest BCUT2D eigenvalue weighted by molar-refractivity contribution is -0.116. The summed E-state index contributed by atoms with van der Waals surface area (Å²) in [7, 11) is 0. The maximum atomic E-state index is 13.3. The van der Waals surface area contributed by atoms with E-state index >= 15 is 0 Å². The molecule has 4 nitrogen and oxygen atoms in total. The third-order valence-electron chi connectivity index (χ3n) is 4.60. The Bertz CT molecular complexity index is 979. The molecular weight excluding hydrogens is 361 g/mol. The number of amides is 1. The van der Waals surface area contributed by atoms with Crippen molar-refractivity contribution >= 4 is 23.1 Å². The third kappa shape index (κ3) is 3.62. The Morgan fingerprint density at radius 2 is 1.96 bits per heavy atom. The highest BCUT2D eigenvalue weighted by Crippen LogP contribution is 2.39. The van der Waals surface area contributed by atoms with E-state index in [2.05, 4.69) is 11.9 Å². The summed E-state index contributed by atoms with van der Waals surface area (Å²) in [5.41, 5.74) is 2.70. The van der Waals surface area contributed by atoms with Crippen LogP contribution in [0.1, 0.15) is 31.7 Å². The Hall–Kier alpha value is -2.60. The molecule has 6 heteroatoms. The molecule has 0 bridgehead atoms. The Labute approximate surface area is 161 Å². The van der Waals surface area contributed by atoms with Gasteiger partial charge in [-0.15, -0.1) is 11.3 Å². The number of benzene rings is 1. The lowest BCUT2D eigenvalue weighted by Crippen LogP contribution is -2.31. The molecule has 27 heavy (non-hydrogen) atoms. The van der Waals surface area contributed by atoms with Crippen molar-refractivity contribution in [2.75, 3.05) is 4.90 Å². The second-order valence-electron chi connectivity index (χ2n) is 6.67. The topological polar surface area (TPSA) is 46.1 Å². The summed E-state index contributed by atoms with van der Waals surface area (Å²) in [5, 5.41) is 1.02. The molecule has 0 atom stereocenters. The standard InChI is InChI=1S/C21H20FN3OS/c1-3-19-24-20(14-4-6-16(22)7-5-14)21(27-19)15-10-11-23-18(12-15)25(13(2)26)17-8-9-17/h4-7,10-12,17H,3,8-9H2,1-2H3. The summed E-state index contributed by atoms with van der Waals surface area (Å²) in [6.07, 6.45) is 4.61. The van der Waals surface area contributed by atoms with Crippen LogP contribution in [0.5, 0.6) is 0 Å². The van der Waals surface area contributed by atoms with Gasteiger partial charge in [-0.3, -0.25) is 9.69 Å². The minimum Gasteiger partial charge on any atom is -0.294 e. The zero-order chi connectivity index (χ0) is 19.0. The van der Waals surface area contributed by atoms with Gasteiger partial charge in [0.15, 0.2) is 0 Å². The number of anilines is 1. The zero-order valence-corrected chi connectivity index (χ0v) is 16.1. The van der Waals surface area contributed by atoms with Crippen molar-refractivity contribution in [3.8, 4) is 21.7 Å². The zero-order valence-electron chi connectivity index (χ0n) is 15.3. The predicted octanol–water partition coefficient (Wildman–Crippen LogP) is 5.09. The molecule has 1 aliphatic carbocycles. The average Bonchev–Trinajstić information content (AvgIpc) is 3.39. The maximum Gasteiger partial charge on any atom is 0.225 e. The van der Waals surface area contributed by atoms with Gasteiger partial charge in [0.2, 0.25) is 5.91 Å². The molecule has 1 saturated carbocycles. The molecule has 0 radical (unpaired) electrons. The number of thiazole rings is 1. The van der Waals surface area contributed by atoms with Crippen LogP contribution in [-0.2, 0) is 11.2 Å². The first-order chi connectivity index (χ1) is 13.1. The van der Waals surface area contributed by atoms with Crippen LogP contribution < -0.4 is 4.90 Å². The number of nitrogens with zero attached hydrogens (tertiary/aromatic N) is 3. The largest absolute Gasteiger partial charge is 0.294 e. The van der Waals surface area contributed by atoms with E-state index < -0.39 is 0 Å². The minimum absolute atomic E-state index is 0.0134. The first-order valence-corrected chi connectivity index (χ1v) is 9.90. The summed E-state index contributed by atoms with van der Waals surface area (Å²) >= 11 is 1.63. The molecule has 4 rings (SSSR count). The minimum atomic E-state index is -0.265. The number of halogens is 1. The predicted molar refractivity (Wildman–Crippen MR) is 106 cm³/mol. The van der Waals surface area contributed by atoms with Gasteiger partial charge in [0, 0.05) is 24.7 Å². The number of hydrogen-bond donors (Lipinski definition) is 0.